The summed E-state index contributed by atoms with van der Waals surface area (Å²) in [5.74, 6) is 1.57. The van der Waals surface area contributed by atoms with E-state index in [4.69, 9.17) is 4.74 Å². The Hall–Kier alpha value is -1.76. The molecule has 0 spiro atoms. The van der Waals surface area contributed by atoms with Gasteiger partial charge in [0.05, 0.1) is 19.4 Å². The average Bonchev–Trinajstić information content (AvgIpc) is 2.47. The van der Waals surface area contributed by atoms with Gasteiger partial charge in [-0.05, 0) is 37.5 Å². The molecule has 1 rings (SSSR count). The Kier molecular flexibility index (Phi) is 7.88. The number of aliphatic imine (C=N–C) groups is 1. The van der Waals surface area contributed by atoms with E-state index in [-0.39, 0.29) is 12.3 Å². The number of guanidine groups is 1. The number of hydrogen-bond acceptors (Lipinski definition) is 4. The lowest BCUT2D eigenvalue weighted by atomic mass is 10.1. The van der Waals surface area contributed by atoms with E-state index < -0.39 is 9.84 Å². The summed E-state index contributed by atoms with van der Waals surface area (Å²) in [7, 11) is -1.32. The van der Waals surface area contributed by atoms with Gasteiger partial charge in [-0.15, -0.1) is 0 Å². The van der Waals surface area contributed by atoms with Crippen molar-refractivity contribution >= 4 is 15.8 Å². The molecule has 130 valence electrons. The first-order valence-electron chi connectivity index (χ1n) is 7.69. The first-order chi connectivity index (χ1) is 10.9. The molecule has 0 aromatic heterocycles. The van der Waals surface area contributed by atoms with Gasteiger partial charge >= 0.3 is 0 Å². The largest absolute Gasteiger partial charge is 0.496 e. The van der Waals surface area contributed by atoms with Crippen molar-refractivity contribution in [2.45, 2.75) is 20.3 Å². The lowest BCUT2D eigenvalue weighted by Crippen LogP contribution is -2.38. The predicted molar refractivity (Wildman–Crippen MR) is 95.1 cm³/mol. The standard InChI is InChI=1S/C16H27N3O3S/c1-5-17-16(19-10-11-23(4,20)21)18-9-8-14-7-6-13(2)15(12-14)22-3/h6-7,12H,5,8-11H2,1-4H3,(H2,17,18,19). The average molecular weight is 341 g/mol. The summed E-state index contributed by atoms with van der Waals surface area (Å²) >= 11 is 0. The van der Waals surface area contributed by atoms with Gasteiger partial charge in [0.15, 0.2) is 5.96 Å². The predicted octanol–water partition coefficient (Wildman–Crippen LogP) is 1.15. The minimum absolute atomic E-state index is 0.0543. The highest BCUT2D eigenvalue weighted by Gasteiger charge is 2.03. The van der Waals surface area contributed by atoms with Crippen LogP contribution in [0.4, 0.5) is 0 Å². The molecule has 0 aliphatic heterocycles. The van der Waals surface area contributed by atoms with E-state index in [1.165, 1.54) is 11.8 Å². The third-order valence-electron chi connectivity index (χ3n) is 3.25. The maximum absolute atomic E-state index is 11.1. The number of sulfone groups is 1. The lowest BCUT2D eigenvalue weighted by molar-refractivity contribution is 0.411. The fourth-order valence-corrected chi connectivity index (χ4v) is 2.43. The second-order valence-corrected chi connectivity index (χ2v) is 7.63. The van der Waals surface area contributed by atoms with Crippen LogP contribution in [0.2, 0.25) is 0 Å². The van der Waals surface area contributed by atoms with Crippen LogP contribution in [0.5, 0.6) is 5.75 Å². The molecule has 0 radical (unpaired) electrons. The quantitative estimate of drug-likeness (QED) is 0.548. The molecule has 1 aromatic rings. The van der Waals surface area contributed by atoms with Crippen LogP contribution in [0.1, 0.15) is 18.1 Å². The SMILES string of the molecule is CCNC(=NCCS(C)(=O)=O)NCCc1ccc(C)c(OC)c1. The van der Waals surface area contributed by atoms with Crippen molar-refractivity contribution in [3.8, 4) is 5.75 Å². The molecule has 2 N–H and O–H groups in total. The molecular weight excluding hydrogens is 314 g/mol. The fraction of sp³-hybridized carbons (Fsp3) is 0.562. The number of aryl methyl sites for hydroxylation is 1. The minimum atomic E-state index is -2.99. The number of benzene rings is 1. The Bertz CT molecular complexity index is 627. The van der Waals surface area contributed by atoms with E-state index in [0.29, 0.717) is 12.5 Å². The molecule has 0 amide bonds. The van der Waals surface area contributed by atoms with Crippen LogP contribution in [-0.4, -0.2) is 53.1 Å². The van der Waals surface area contributed by atoms with Crippen LogP contribution in [0.15, 0.2) is 23.2 Å². The van der Waals surface area contributed by atoms with Crippen molar-refractivity contribution in [1.82, 2.24) is 10.6 Å². The number of rotatable bonds is 8. The summed E-state index contributed by atoms with van der Waals surface area (Å²) in [6.07, 6.45) is 2.04. The van der Waals surface area contributed by atoms with E-state index in [9.17, 15) is 8.42 Å². The number of hydrogen-bond donors (Lipinski definition) is 2. The Morgan fingerprint density at radius 2 is 2.04 bits per heavy atom. The second kappa shape index (κ2) is 9.39. The molecule has 6 nitrogen and oxygen atoms in total. The van der Waals surface area contributed by atoms with Crippen LogP contribution < -0.4 is 15.4 Å². The second-order valence-electron chi connectivity index (χ2n) is 5.37. The minimum Gasteiger partial charge on any atom is -0.496 e. The molecule has 7 heteroatoms. The molecule has 1 aromatic carbocycles. The van der Waals surface area contributed by atoms with Crippen LogP contribution in [-0.2, 0) is 16.3 Å². The molecular formula is C16H27N3O3S. The molecule has 0 heterocycles. The smallest absolute Gasteiger partial charge is 0.191 e. The zero-order valence-electron chi connectivity index (χ0n) is 14.3. The van der Waals surface area contributed by atoms with Crippen LogP contribution in [0.25, 0.3) is 0 Å². The summed E-state index contributed by atoms with van der Waals surface area (Å²) in [5, 5.41) is 6.32. The van der Waals surface area contributed by atoms with Gasteiger partial charge in [-0.25, -0.2) is 8.42 Å². The van der Waals surface area contributed by atoms with E-state index in [0.717, 1.165) is 24.3 Å². The Morgan fingerprint density at radius 3 is 2.65 bits per heavy atom. The number of methoxy groups -OCH3 is 1. The highest BCUT2D eigenvalue weighted by atomic mass is 32.2. The van der Waals surface area contributed by atoms with Gasteiger partial charge in [0.1, 0.15) is 15.6 Å². The van der Waals surface area contributed by atoms with Crippen molar-refractivity contribution in [2.24, 2.45) is 4.99 Å². The maximum Gasteiger partial charge on any atom is 0.191 e. The molecule has 23 heavy (non-hydrogen) atoms. The highest BCUT2D eigenvalue weighted by Crippen LogP contribution is 2.18. The van der Waals surface area contributed by atoms with Gasteiger partial charge < -0.3 is 15.4 Å². The number of nitrogens with zero attached hydrogens (tertiary/aromatic N) is 1. The first-order valence-corrected chi connectivity index (χ1v) is 9.75. The zero-order chi connectivity index (χ0) is 17.3. The molecule has 0 aliphatic rings. The summed E-state index contributed by atoms with van der Waals surface area (Å²) in [6.45, 7) is 5.67. The fourth-order valence-electron chi connectivity index (χ4n) is 2.01. The summed E-state index contributed by atoms with van der Waals surface area (Å²) in [4.78, 5) is 4.27. The number of nitrogens with one attached hydrogen (secondary N) is 2. The Balaban J connectivity index is 2.53. The molecule has 0 bridgehead atoms. The zero-order valence-corrected chi connectivity index (χ0v) is 15.2. The third-order valence-corrected chi connectivity index (χ3v) is 4.18. The first kappa shape index (κ1) is 19.3. The van der Waals surface area contributed by atoms with Crippen LogP contribution in [0.3, 0.4) is 0 Å². The van der Waals surface area contributed by atoms with E-state index >= 15 is 0 Å². The Labute approximate surface area is 139 Å². The lowest BCUT2D eigenvalue weighted by Gasteiger charge is -2.12. The van der Waals surface area contributed by atoms with Crippen molar-refractivity contribution in [3.63, 3.8) is 0 Å². The molecule has 0 aliphatic carbocycles. The monoisotopic (exact) mass is 341 g/mol. The molecule has 0 unspecified atom stereocenters. The molecule has 0 saturated carbocycles. The van der Waals surface area contributed by atoms with Crippen LogP contribution >= 0.6 is 0 Å². The van der Waals surface area contributed by atoms with Gasteiger partial charge in [0, 0.05) is 19.3 Å². The molecule has 0 saturated heterocycles. The normalized spacial score (nSPS) is 12.1. The summed E-state index contributed by atoms with van der Waals surface area (Å²) in [6, 6.07) is 6.15. The van der Waals surface area contributed by atoms with Crippen molar-refractivity contribution in [2.75, 3.05) is 38.8 Å². The van der Waals surface area contributed by atoms with E-state index in [1.54, 1.807) is 7.11 Å². The molecule has 0 atom stereocenters. The van der Waals surface area contributed by atoms with Gasteiger partial charge in [-0.2, -0.15) is 0 Å². The van der Waals surface area contributed by atoms with Crippen molar-refractivity contribution in [3.05, 3.63) is 29.3 Å². The van der Waals surface area contributed by atoms with E-state index in [1.807, 2.05) is 26.0 Å². The van der Waals surface area contributed by atoms with Crippen molar-refractivity contribution in [1.29, 1.82) is 0 Å². The van der Waals surface area contributed by atoms with Crippen molar-refractivity contribution < 1.29 is 13.2 Å². The topological polar surface area (TPSA) is 79.8 Å². The molecule has 0 fully saturated rings. The van der Waals surface area contributed by atoms with Gasteiger partial charge in [0.25, 0.3) is 0 Å². The summed E-state index contributed by atoms with van der Waals surface area (Å²) < 4.78 is 27.6. The summed E-state index contributed by atoms with van der Waals surface area (Å²) in [5.41, 5.74) is 2.28. The van der Waals surface area contributed by atoms with Gasteiger partial charge in [-0.3, -0.25) is 4.99 Å². The van der Waals surface area contributed by atoms with E-state index in [2.05, 4.69) is 21.7 Å². The third kappa shape index (κ3) is 7.88. The van der Waals surface area contributed by atoms with Crippen LogP contribution in [0, 0.1) is 6.92 Å². The van der Waals surface area contributed by atoms with Gasteiger partial charge in [0.2, 0.25) is 0 Å². The maximum atomic E-state index is 11.1. The van der Waals surface area contributed by atoms with Gasteiger partial charge in [-0.1, -0.05) is 12.1 Å². The Morgan fingerprint density at radius 1 is 1.30 bits per heavy atom. The number of ether oxygens (including phenoxy) is 1. The highest BCUT2D eigenvalue weighted by molar-refractivity contribution is 7.90.